The summed E-state index contributed by atoms with van der Waals surface area (Å²) in [4.78, 5) is 0. The van der Waals surface area contributed by atoms with Crippen molar-refractivity contribution in [3.05, 3.63) is 0 Å². The standard InChI is InChI=1S/C5H9F3S/c1-4(2,3-9)5(6,7)8/h9H,3H2,1-2H3. The summed E-state index contributed by atoms with van der Waals surface area (Å²) in [6.45, 7) is 2.25. The highest BCUT2D eigenvalue weighted by atomic mass is 32.1. The molecule has 56 valence electrons. The number of thiol groups is 1. The summed E-state index contributed by atoms with van der Waals surface area (Å²) in [7, 11) is 0. The zero-order valence-electron chi connectivity index (χ0n) is 5.29. The number of halogens is 3. The minimum Gasteiger partial charge on any atom is -0.178 e. The van der Waals surface area contributed by atoms with Gasteiger partial charge in [0, 0.05) is 5.75 Å². The van der Waals surface area contributed by atoms with Crippen LogP contribution in [-0.4, -0.2) is 11.9 Å². The zero-order valence-corrected chi connectivity index (χ0v) is 6.18. The van der Waals surface area contributed by atoms with Gasteiger partial charge in [0.2, 0.25) is 0 Å². The van der Waals surface area contributed by atoms with E-state index in [0.29, 0.717) is 0 Å². The average Bonchev–Trinajstić information content (AvgIpc) is 1.64. The number of rotatable bonds is 1. The lowest BCUT2D eigenvalue weighted by Crippen LogP contribution is -2.33. The van der Waals surface area contributed by atoms with E-state index in [1.54, 1.807) is 0 Å². The topological polar surface area (TPSA) is 0 Å². The predicted octanol–water partition coefficient (Wildman–Crippen LogP) is 2.50. The number of alkyl halides is 3. The van der Waals surface area contributed by atoms with Gasteiger partial charge in [-0.1, -0.05) is 13.8 Å². The molecule has 0 nitrogen and oxygen atoms in total. The maximum atomic E-state index is 11.8. The second kappa shape index (κ2) is 2.40. The van der Waals surface area contributed by atoms with Gasteiger partial charge in [0.1, 0.15) is 0 Å². The van der Waals surface area contributed by atoms with Crippen LogP contribution in [0.25, 0.3) is 0 Å². The van der Waals surface area contributed by atoms with Gasteiger partial charge in [0.15, 0.2) is 0 Å². The summed E-state index contributed by atoms with van der Waals surface area (Å²) in [6.07, 6.45) is -4.13. The van der Waals surface area contributed by atoms with E-state index in [1.165, 1.54) is 0 Å². The van der Waals surface area contributed by atoms with Crippen molar-refractivity contribution < 1.29 is 13.2 Å². The van der Waals surface area contributed by atoms with Crippen molar-refractivity contribution in [3.8, 4) is 0 Å². The lowest BCUT2D eigenvalue weighted by Gasteiger charge is -2.24. The van der Waals surface area contributed by atoms with Crippen molar-refractivity contribution in [1.29, 1.82) is 0 Å². The lowest BCUT2D eigenvalue weighted by atomic mass is 9.96. The monoisotopic (exact) mass is 158 g/mol. The number of hydrogen-bond donors (Lipinski definition) is 1. The molecule has 0 saturated carbocycles. The second-order valence-corrected chi connectivity index (χ2v) is 2.86. The Morgan fingerprint density at radius 1 is 1.22 bits per heavy atom. The average molecular weight is 158 g/mol. The first-order valence-electron chi connectivity index (χ1n) is 2.49. The third-order valence-corrected chi connectivity index (χ3v) is 1.95. The molecule has 0 aliphatic carbocycles. The molecule has 0 bridgehead atoms. The van der Waals surface area contributed by atoms with E-state index in [1.807, 2.05) is 0 Å². The van der Waals surface area contributed by atoms with E-state index < -0.39 is 11.6 Å². The molecule has 0 aliphatic rings. The third-order valence-electron chi connectivity index (χ3n) is 1.16. The van der Waals surface area contributed by atoms with E-state index in [2.05, 4.69) is 12.6 Å². The minimum absolute atomic E-state index is 0.170. The first-order chi connectivity index (χ1) is 3.81. The molecule has 0 amide bonds. The molecule has 0 aromatic heterocycles. The largest absolute Gasteiger partial charge is 0.394 e. The Bertz CT molecular complexity index is 94.9. The molecule has 0 aliphatic heterocycles. The summed E-state index contributed by atoms with van der Waals surface area (Å²) in [5.41, 5.74) is -1.66. The Kier molecular flexibility index (Phi) is 2.44. The summed E-state index contributed by atoms with van der Waals surface area (Å²) in [5, 5.41) is 0. The highest BCUT2D eigenvalue weighted by Crippen LogP contribution is 2.37. The molecule has 0 rings (SSSR count). The van der Waals surface area contributed by atoms with Gasteiger partial charge >= 0.3 is 6.18 Å². The van der Waals surface area contributed by atoms with Crippen LogP contribution < -0.4 is 0 Å². The van der Waals surface area contributed by atoms with Crippen LogP contribution in [0.5, 0.6) is 0 Å². The third kappa shape index (κ3) is 2.08. The van der Waals surface area contributed by atoms with E-state index >= 15 is 0 Å². The SMILES string of the molecule is CC(C)(CS)C(F)(F)F. The van der Waals surface area contributed by atoms with Gasteiger partial charge in [0.05, 0.1) is 5.41 Å². The van der Waals surface area contributed by atoms with Crippen molar-refractivity contribution in [3.63, 3.8) is 0 Å². The quantitative estimate of drug-likeness (QED) is 0.557. The molecule has 0 saturated heterocycles. The molecule has 0 fully saturated rings. The number of hydrogen-bond acceptors (Lipinski definition) is 1. The fourth-order valence-corrected chi connectivity index (χ4v) is 0.269. The highest BCUT2D eigenvalue weighted by Gasteiger charge is 2.45. The van der Waals surface area contributed by atoms with Crippen LogP contribution in [0.1, 0.15) is 13.8 Å². The van der Waals surface area contributed by atoms with Gasteiger partial charge in [0.25, 0.3) is 0 Å². The van der Waals surface area contributed by atoms with Crippen LogP contribution in [0.2, 0.25) is 0 Å². The molecule has 0 aromatic carbocycles. The molecule has 4 heteroatoms. The maximum Gasteiger partial charge on any atom is 0.394 e. The summed E-state index contributed by atoms with van der Waals surface area (Å²) >= 11 is 3.57. The Morgan fingerprint density at radius 3 is 1.56 bits per heavy atom. The fraction of sp³-hybridized carbons (Fsp3) is 1.00. The van der Waals surface area contributed by atoms with E-state index in [4.69, 9.17) is 0 Å². The van der Waals surface area contributed by atoms with Gasteiger partial charge < -0.3 is 0 Å². The molecular formula is C5H9F3S. The zero-order chi connectivity index (χ0) is 7.71. The molecule has 0 unspecified atom stereocenters. The Balaban J connectivity index is 4.14. The van der Waals surface area contributed by atoms with Crippen LogP contribution in [0.4, 0.5) is 13.2 Å². The Labute approximate surface area is 57.9 Å². The van der Waals surface area contributed by atoms with Gasteiger partial charge in [-0.25, -0.2) is 0 Å². The molecular weight excluding hydrogens is 149 g/mol. The van der Waals surface area contributed by atoms with Crippen molar-refractivity contribution in [2.45, 2.75) is 20.0 Å². The molecule has 9 heavy (non-hydrogen) atoms. The first-order valence-corrected chi connectivity index (χ1v) is 3.12. The molecule has 0 atom stereocenters. The molecule has 0 radical (unpaired) electrons. The van der Waals surface area contributed by atoms with Crippen LogP contribution in [0.15, 0.2) is 0 Å². The normalized spacial score (nSPS) is 14.0. The molecule has 0 spiro atoms. The first kappa shape index (κ1) is 9.14. The molecule has 0 N–H and O–H groups in total. The molecule has 0 heterocycles. The molecule has 0 aromatic rings. The summed E-state index contributed by atoms with van der Waals surface area (Å²) in [6, 6.07) is 0. The van der Waals surface area contributed by atoms with E-state index in [9.17, 15) is 13.2 Å². The van der Waals surface area contributed by atoms with Gasteiger partial charge in [-0.3, -0.25) is 0 Å². The van der Waals surface area contributed by atoms with E-state index in [0.717, 1.165) is 13.8 Å². The lowest BCUT2D eigenvalue weighted by molar-refractivity contribution is -0.202. The fourth-order valence-electron chi connectivity index (χ4n) is 0.0896. The van der Waals surface area contributed by atoms with Crippen molar-refractivity contribution in [2.24, 2.45) is 5.41 Å². The van der Waals surface area contributed by atoms with Gasteiger partial charge in [-0.2, -0.15) is 25.8 Å². The Morgan fingerprint density at radius 2 is 1.56 bits per heavy atom. The van der Waals surface area contributed by atoms with Gasteiger partial charge in [-0.15, -0.1) is 0 Å². The Hall–Kier alpha value is 0.140. The van der Waals surface area contributed by atoms with E-state index in [-0.39, 0.29) is 5.75 Å². The van der Waals surface area contributed by atoms with Crippen LogP contribution in [-0.2, 0) is 0 Å². The van der Waals surface area contributed by atoms with Crippen LogP contribution in [0.3, 0.4) is 0 Å². The second-order valence-electron chi connectivity index (χ2n) is 2.54. The van der Waals surface area contributed by atoms with Crippen LogP contribution in [0, 0.1) is 5.41 Å². The smallest absolute Gasteiger partial charge is 0.178 e. The van der Waals surface area contributed by atoms with Crippen LogP contribution >= 0.6 is 12.6 Å². The minimum atomic E-state index is -4.13. The van der Waals surface area contributed by atoms with Crippen molar-refractivity contribution >= 4 is 12.6 Å². The van der Waals surface area contributed by atoms with Crippen molar-refractivity contribution in [1.82, 2.24) is 0 Å². The van der Waals surface area contributed by atoms with Gasteiger partial charge in [-0.05, 0) is 0 Å². The predicted molar refractivity (Wildman–Crippen MR) is 33.7 cm³/mol. The highest BCUT2D eigenvalue weighted by molar-refractivity contribution is 7.80. The van der Waals surface area contributed by atoms with Crippen molar-refractivity contribution in [2.75, 3.05) is 5.75 Å². The summed E-state index contributed by atoms with van der Waals surface area (Å²) < 4.78 is 35.4. The maximum absolute atomic E-state index is 11.8. The summed E-state index contributed by atoms with van der Waals surface area (Å²) in [5.74, 6) is -0.170.